The molecule has 1 aliphatic carbocycles. The zero-order chi connectivity index (χ0) is 8.16. The van der Waals surface area contributed by atoms with E-state index < -0.39 is 0 Å². The maximum atomic E-state index is 2.32. The molecule has 0 bridgehead atoms. The molecule has 0 unspecified atom stereocenters. The largest absolute Gasteiger partial charge is 0.0654 e. The number of unbranched alkanes of at least 4 members (excludes halogenated alkanes) is 2. The Labute approximate surface area is 71.4 Å². The lowest BCUT2D eigenvalue weighted by Crippen LogP contribution is -1.98. The van der Waals surface area contributed by atoms with Crippen LogP contribution in [0.15, 0.2) is 0 Å². The highest BCUT2D eigenvalue weighted by molar-refractivity contribution is 4.91. The summed E-state index contributed by atoms with van der Waals surface area (Å²) in [7, 11) is 0. The predicted molar refractivity (Wildman–Crippen MR) is 50.7 cm³/mol. The molecule has 0 aromatic rings. The quantitative estimate of drug-likeness (QED) is 0.504. The average molecular weight is 154 g/mol. The second kappa shape index (κ2) is 4.13. The van der Waals surface area contributed by atoms with Gasteiger partial charge in [-0.1, -0.05) is 39.5 Å². The van der Waals surface area contributed by atoms with Crippen molar-refractivity contribution in [1.29, 1.82) is 0 Å². The lowest BCUT2D eigenvalue weighted by atomic mass is 9.94. The average Bonchev–Trinajstić information content (AvgIpc) is 2.71. The molecule has 0 aromatic heterocycles. The molecule has 1 fully saturated rings. The third kappa shape index (κ3) is 2.84. The number of hydrogen-bond acceptors (Lipinski definition) is 0. The van der Waals surface area contributed by atoms with Crippen LogP contribution in [0.3, 0.4) is 0 Å². The SMILES string of the molecule is CCCCCC1(CCC)CC1. The normalized spacial score (nSPS) is 20.2. The second-order valence-corrected chi connectivity index (χ2v) is 4.21. The van der Waals surface area contributed by atoms with Crippen molar-refractivity contribution in [1.82, 2.24) is 0 Å². The first-order chi connectivity index (χ1) is 5.33. The van der Waals surface area contributed by atoms with Crippen LogP contribution in [0, 0.1) is 5.41 Å². The Kier molecular flexibility index (Phi) is 3.42. The third-order valence-electron chi connectivity index (χ3n) is 3.05. The molecule has 11 heavy (non-hydrogen) atoms. The van der Waals surface area contributed by atoms with Crippen LogP contribution in [0.5, 0.6) is 0 Å². The van der Waals surface area contributed by atoms with Gasteiger partial charge in [0.05, 0.1) is 0 Å². The van der Waals surface area contributed by atoms with Gasteiger partial charge in [-0.3, -0.25) is 0 Å². The number of hydrogen-bond donors (Lipinski definition) is 0. The molecule has 0 heterocycles. The van der Waals surface area contributed by atoms with Crippen LogP contribution in [0.4, 0.5) is 0 Å². The summed E-state index contributed by atoms with van der Waals surface area (Å²) in [6.07, 6.45) is 11.8. The van der Waals surface area contributed by atoms with E-state index in [1.165, 1.54) is 51.4 Å². The van der Waals surface area contributed by atoms with E-state index in [9.17, 15) is 0 Å². The van der Waals surface area contributed by atoms with Crippen molar-refractivity contribution in [3.8, 4) is 0 Å². The summed E-state index contributed by atoms with van der Waals surface area (Å²) in [5.41, 5.74) is 0.851. The summed E-state index contributed by atoms with van der Waals surface area (Å²) >= 11 is 0. The fourth-order valence-electron chi connectivity index (χ4n) is 2.08. The standard InChI is InChI=1S/C11H22/c1-3-5-6-8-11(7-4-2)9-10-11/h3-10H2,1-2H3. The van der Waals surface area contributed by atoms with Gasteiger partial charge in [-0.25, -0.2) is 0 Å². The lowest BCUT2D eigenvalue weighted by Gasteiger charge is -2.12. The molecule has 0 aromatic carbocycles. The van der Waals surface area contributed by atoms with Gasteiger partial charge < -0.3 is 0 Å². The Balaban J connectivity index is 2.04. The van der Waals surface area contributed by atoms with Crippen molar-refractivity contribution in [2.45, 2.75) is 65.2 Å². The van der Waals surface area contributed by atoms with E-state index in [0.717, 1.165) is 5.41 Å². The van der Waals surface area contributed by atoms with Gasteiger partial charge in [0.15, 0.2) is 0 Å². The first kappa shape index (κ1) is 9.09. The van der Waals surface area contributed by atoms with Crippen molar-refractivity contribution in [2.24, 2.45) is 5.41 Å². The molecule has 0 spiro atoms. The number of rotatable bonds is 6. The molecule has 0 nitrogen and oxygen atoms in total. The molecule has 0 atom stereocenters. The Morgan fingerprint density at radius 2 is 1.64 bits per heavy atom. The zero-order valence-electron chi connectivity index (χ0n) is 8.16. The van der Waals surface area contributed by atoms with Crippen molar-refractivity contribution in [2.75, 3.05) is 0 Å². The third-order valence-corrected chi connectivity index (χ3v) is 3.05. The summed E-state index contributed by atoms with van der Waals surface area (Å²) in [4.78, 5) is 0. The van der Waals surface area contributed by atoms with E-state index in [1.807, 2.05) is 0 Å². The summed E-state index contributed by atoms with van der Waals surface area (Å²) < 4.78 is 0. The van der Waals surface area contributed by atoms with Crippen molar-refractivity contribution >= 4 is 0 Å². The Hall–Kier alpha value is 0. The topological polar surface area (TPSA) is 0 Å². The summed E-state index contributed by atoms with van der Waals surface area (Å²) in [6, 6.07) is 0. The molecule has 0 radical (unpaired) electrons. The van der Waals surface area contributed by atoms with Gasteiger partial charge in [-0.05, 0) is 31.1 Å². The van der Waals surface area contributed by atoms with Crippen molar-refractivity contribution in [3.63, 3.8) is 0 Å². The van der Waals surface area contributed by atoms with Gasteiger partial charge in [-0.2, -0.15) is 0 Å². The molecule has 1 rings (SSSR count). The molecule has 0 aliphatic heterocycles. The first-order valence-electron chi connectivity index (χ1n) is 5.33. The summed E-state index contributed by atoms with van der Waals surface area (Å²) in [5.74, 6) is 0. The van der Waals surface area contributed by atoms with Gasteiger partial charge in [0.1, 0.15) is 0 Å². The van der Waals surface area contributed by atoms with Crippen LogP contribution in [0.25, 0.3) is 0 Å². The Morgan fingerprint density at radius 1 is 0.909 bits per heavy atom. The van der Waals surface area contributed by atoms with Gasteiger partial charge in [-0.15, -0.1) is 0 Å². The maximum absolute atomic E-state index is 2.32. The first-order valence-corrected chi connectivity index (χ1v) is 5.33. The summed E-state index contributed by atoms with van der Waals surface area (Å²) in [6.45, 7) is 4.61. The van der Waals surface area contributed by atoms with Crippen LogP contribution in [0.2, 0.25) is 0 Å². The van der Waals surface area contributed by atoms with Crippen LogP contribution in [0.1, 0.15) is 65.2 Å². The van der Waals surface area contributed by atoms with Gasteiger partial charge in [0.25, 0.3) is 0 Å². The summed E-state index contributed by atoms with van der Waals surface area (Å²) in [5, 5.41) is 0. The molecule has 0 amide bonds. The fraction of sp³-hybridized carbons (Fsp3) is 1.00. The molecule has 66 valence electrons. The molecule has 0 N–H and O–H groups in total. The highest BCUT2D eigenvalue weighted by Gasteiger charge is 2.40. The Bertz CT molecular complexity index is 101. The molecule has 0 saturated heterocycles. The Morgan fingerprint density at radius 3 is 2.09 bits per heavy atom. The smallest absolute Gasteiger partial charge is 0.0297 e. The van der Waals surface area contributed by atoms with Gasteiger partial charge in [0, 0.05) is 0 Å². The highest BCUT2D eigenvalue weighted by Crippen LogP contribution is 2.53. The second-order valence-electron chi connectivity index (χ2n) is 4.21. The van der Waals surface area contributed by atoms with Gasteiger partial charge >= 0.3 is 0 Å². The van der Waals surface area contributed by atoms with E-state index in [2.05, 4.69) is 13.8 Å². The van der Waals surface area contributed by atoms with E-state index in [1.54, 1.807) is 0 Å². The van der Waals surface area contributed by atoms with E-state index in [-0.39, 0.29) is 0 Å². The minimum atomic E-state index is 0.851. The maximum Gasteiger partial charge on any atom is -0.0297 e. The van der Waals surface area contributed by atoms with E-state index >= 15 is 0 Å². The monoisotopic (exact) mass is 154 g/mol. The highest BCUT2D eigenvalue weighted by atomic mass is 14.4. The van der Waals surface area contributed by atoms with Crippen LogP contribution in [-0.2, 0) is 0 Å². The molecular weight excluding hydrogens is 132 g/mol. The van der Waals surface area contributed by atoms with E-state index in [4.69, 9.17) is 0 Å². The minimum Gasteiger partial charge on any atom is -0.0654 e. The molecular formula is C11H22. The fourth-order valence-corrected chi connectivity index (χ4v) is 2.08. The van der Waals surface area contributed by atoms with Gasteiger partial charge in [0.2, 0.25) is 0 Å². The van der Waals surface area contributed by atoms with Crippen LogP contribution < -0.4 is 0 Å². The zero-order valence-corrected chi connectivity index (χ0v) is 8.16. The van der Waals surface area contributed by atoms with Crippen LogP contribution >= 0.6 is 0 Å². The molecule has 1 saturated carbocycles. The van der Waals surface area contributed by atoms with E-state index in [0.29, 0.717) is 0 Å². The predicted octanol–water partition coefficient (Wildman–Crippen LogP) is 4.15. The van der Waals surface area contributed by atoms with Crippen molar-refractivity contribution < 1.29 is 0 Å². The van der Waals surface area contributed by atoms with Crippen molar-refractivity contribution in [3.05, 3.63) is 0 Å². The molecule has 1 aliphatic rings. The van der Waals surface area contributed by atoms with Crippen LogP contribution in [-0.4, -0.2) is 0 Å². The lowest BCUT2D eigenvalue weighted by molar-refractivity contribution is 0.403. The molecule has 0 heteroatoms. The minimum absolute atomic E-state index is 0.851.